The zero-order valence-corrected chi connectivity index (χ0v) is 11.7. The van der Waals surface area contributed by atoms with Gasteiger partial charge in [-0.15, -0.1) is 0 Å². The maximum atomic E-state index is 10.8. The molecule has 0 heterocycles. The first-order chi connectivity index (χ1) is 7.20. The fourth-order valence-electron chi connectivity index (χ4n) is 1.81. The fourth-order valence-corrected chi connectivity index (χ4v) is 2.21. The summed E-state index contributed by atoms with van der Waals surface area (Å²) in [4.78, 5) is 0. The Morgan fingerprint density at radius 3 is 1.81 bits per heavy atom. The van der Waals surface area contributed by atoms with Gasteiger partial charge in [0.25, 0.3) is 0 Å². The molecule has 0 aromatic carbocycles. The van der Waals surface area contributed by atoms with Crippen LogP contribution in [-0.4, -0.2) is 26.8 Å². The van der Waals surface area contributed by atoms with Crippen molar-refractivity contribution in [3.05, 3.63) is 0 Å². The van der Waals surface area contributed by atoms with Gasteiger partial charge in [0.2, 0.25) is 10.0 Å². The van der Waals surface area contributed by atoms with Gasteiger partial charge in [-0.2, -0.15) is 0 Å². The highest BCUT2D eigenvalue weighted by Gasteiger charge is 2.13. The monoisotopic (exact) mass is 250 g/mol. The summed E-state index contributed by atoms with van der Waals surface area (Å²) in [5.41, 5.74) is 0. The maximum absolute atomic E-state index is 10.8. The Kier molecular flexibility index (Phi) is 7.19. The van der Waals surface area contributed by atoms with E-state index in [-0.39, 0.29) is 5.75 Å². The smallest absolute Gasteiger partial charge is 0.210 e. The highest BCUT2D eigenvalue weighted by molar-refractivity contribution is 7.89. The van der Waals surface area contributed by atoms with Crippen LogP contribution in [0.1, 0.15) is 40.5 Å². The molecular formula is C11H26N2O2S. The minimum absolute atomic E-state index is 0.0136. The maximum Gasteiger partial charge on any atom is 0.210 e. The lowest BCUT2D eigenvalue weighted by molar-refractivity contribution is 0.365. The molecule has 0 rings (SSSR count). The van der Waals surface area contributed by atoms with Crippen LogP contribution in [-0.2, 0) is 10.0 Å². The standard InChI is InChI=1S/C11H26N2O2S/c1-9(2)7-11(8-10(3)4)13-5-6-16(12,14)15/h9-11,13H,5-8H2,1-4H3,(H2,12,14,15). The molecule has 0 unspecified atom stereocenters. The summed E-state index contributed by atoms with van der Waals surface area (Å²) in [5, 5.41) is 8.24. The van der Waals surface area contributed by atoms with Gasteiger partial charge in [0, 0.05) is 12.6 Å². The Morgan fingerprint density at radius 2 is 1.50 bits per heavy atom. The van der Waals surface area contributed by atoms with Gasteiger partial charge in [-0.25, -0.2) is 13.6 Å². The van der Waals surface area contributed by atoms with Crippen LogP contribution in [0.3, 0.4) is 0 Å². The third-order valence-corrected chi connectivity index (χ3v) is 3.10. The van der Waals surface area contributed by atoms with Crippen molar-refractivity contribution >= 4 is 10.0 Å². The predicted molar refractivity (Wildman–Crippen MR) is 68.7 cm³/mol. The van der Waals surface area contributed by atoms with Gasteiger partial charge in [-0.1, -0.05) is 27.7 Å². The predicted octanol–water partition coefficient (Wildman–Crippen LogP) is 1.33. The summed E-state index contributed by atoms with van der Waals surface area (Å²) in [6.45, 7) is 9.15. The van der Waals surface area contributed by atoms with E-state index in [2.05, 4.69) is 33.0 Å². The van der Waals surface area contributed by atoms with Gasteiger partial charge >= 0.3 is 0 Å². The summed E-state index contributed by atoms with van der Waals surface area (Å²) in [6, 6.07) is 0.391. The van der Waals surface area contributed by atoms with Crippen LogP contribution in [0, 0.1) is 11.8 Å². The van der Waals surface area contributed by atoms with Crippen LogP contribution in [0.5, 0.6) is 0 Å². The highest BCUT2D eigenvalue weighted by Crippen LogP contribution is 2.12. The van der Waals surface area contributed by atoms with Gasteiger partial charge in [-0.3, -0.25) is 0 Å². The van der Waals surface area contributed by atoms with Crippen LogP contribution >= 0.6 is 0 Å². The lowest BCUT2D eigenvalue weighted by atomic mass is 9.96. The summed E-state index contributed by atoms with van der Waals surface area (Å²) < 4.78 is 21.6. The molecule has 0 aliphatic carbocycles. The zero-order valence-electron chi connectivity index (χ0n) is 10.9. The number of primary sulfonamides is 1. The molecule has 0 bridgehead atoms. The summed E-state index contributed by atoms with van der Waals surface area (Å²) >= 11 is 0. The zero-order chi connectivity index (χ0) is 12.8. The van der Waals surface area contributed by atoms with Gasteiger partial charge < -0.3 is 5.32 Å². The van der Waals surface area contributed by atoms with Crippen LogP contribution in [0.4, 0.5) is 0 Å². The Labute approximate surface area is 100 Å². The molecule has 98 valence electrons. The molecule has 16 heavy (non-hydrogen) atoms. The topological polar surface area (TPSA) is 72.2 Å². The largest absolute Gasteiger partial charge is 0.313 e. The van der Waals surface area contributed by atoms with Gasteiger partial charge in [0.05, 0.1) is 5.75 Å². The van der Waals surface area contributed by atoms with E-state index in [0.717, 1.165) is 12.8 Å². The van der Waals surface area contributed by atoms with E-state index in [0.29, 0.717) is 24.4 Å². The first-order valence-corrected chi connectivity index (χ1v) is 7.66. The molecule has 0 aliphatic rings. The Bertz CT molecular complexity index is 264. The molecule has 0 atom stereocenters. The first-order valence-electron chi connectivity index (χ1n) is 5.94. The molecule has 0 amide bonds. The molecule has 0 aromatic heterocycles. The van der Waals surface area contributed by atoms with E-state index in [1.165, 1.54) is 0 Å². The van der Waals surface area contributed by atoms with E-state index in [4.69, 9.17) is 5.14 Å². The first kappa shape index (κ1) is 15.9. The van der Waals surface area contributed by atoms with Crippen molar-refractivity contribution in [1.29, 1.82) is 0 Å². The average Bonchev–Trinajstić information content (AvgIpc) is 1.98. The number of hydrogen-bond acceptors (Lipinski definition) is 3. The van der Waals surface area contributed by atoms with E-state index < -0.39 is 10.0 Å². The van der Waals surface area contributed by atoms with Crippen molar-refractivity contribution in [2.45, 2.75) is 46.6 Å². The Hall–Kier alpha value is -0.130. The van der Waals surface area contributed by atoms with Crippen LogP contribution in [0.2, 0.25) is 0 Å². The average molecular weight is 250 g/mol. The number of hydrogen-bond donors (Lipinski definition) is 2. The van der Waals surface area contributed by atoms with E-state index >= 15 is 0 Å². The lowest BCUT2D eigenvalue weighted by Crippen LogP contribution is -2.36. The fraction of sp³-hybridized carbons (Fsp3) is 1.00. The van der Waals surface area contributed by atoms with Crippen LogP contribution < -0.4 is 10.5 Å². The molecule has 4 nitrogen and oxygen atoms in total. The van der Waals surface area contributed by atoms with Crippen molar-refractivity contribution in [2.75, 3.05) is 12.3 Å². The molecule has 0 fully saturated rings. The molecule has 5 heteroatoms. The second kappa shape index (κ2) is 7.25. The molecular weight excluding hydrogens is 224 g/mol. The highest BCUT2D eigenvalue weighted by atomic mass is 32.2. The van der Waals surface area contributed by atoms with Gasteiger partial charge in [0.1, 0.15) is 0 Å². The minimum atomic E-state index is -3.34. The quantitative estimate of drug-likeness (QED) is 0.682. The molecule has 0 radical (unpaired) electrons. The number of sulfonamides is 1. The molecule has 0 saturated heterocycles. The number of nitrogens with two attached hydrogens (primary N) is 1. The lowest BCUT2D eigenvalue weighted by Gasteiger charge is -2.22. The minimum Gasteiger partial charge on any atom is -0.313 e. The van der Waals surface area contributed by atoms with Crippen molar-refractivity contribution < 1.29 is 8.42 Å². The van der Waals surface area contributed by atoms with Gasteiger partial charge in [0.15, 0.2) is 0 Å². The van der Waals surface area contributed by atoms with Crippen LogP contribution in [0.25, 0.3) is 0 Å². The molecule has 0 saturated carbocycles. The molecule has 0 spiro atoms. The van der Waals surface area contributed by atoms with Crippen molar-refractivity contribution in [2.24, 2.45) is 17.0 Å². The second-order valence-corrected chi connectivity index (χ2v) is 7.01. The van der Waals surface area contributed by atoms with Gasteiger partial charge in [-0.05, 0) is 24.7 Å². The summed E-state index contributed by atoms with van der Waals surface area (Å²) in [7, 11) is -3.34. The second-order valence-electron chi connectivity index (χ2n) is 5.28. The number of rotatable bonds is 8. The van der Waals surface area contributed by atoms with E-state index in [9.17, 15) is 8.42 Å². The van der Waals surface area contributed by atoms with Crippen molar-refractivity contribution in [3.8, 4) is 0 Å². The SMILES string of the molecule is CC(C)CC(CC(C)C)NCCS(N)(=O)=O. The molecule has 0 aromatic rings. The van der Waals surface area contributed by atoms with Crippen molar-refractivity contribution in [1.82, 2.24) is 5.32 Å². The third-order valence-electron chi connectivity index (χ3n) is 2.33. The third kappa shape index (κ3) is 10.4. The van der Waals surface area contributed by atoms with Crippen molar-refractivity contribution in [3.63, 3.8) is 0 Å². The number of nitrogens with one attached hydrogen (secondary N) is 1. The van der Waals surface area contributed by atoms with E-state index in [1.54, 1.807) is 0 Å². The molecule has 3 N–H and O–H groups in total. The Balaban J connectivity index is 4.01. The normalized spacial score (nSPS) is 13.0. The summed E-state index contributed by atoms with van der Waals surface area (Å²) in [5.74, 6) is 1.25. The van der Waals surface area contributed by atoms with E-state index in [1.807, 2.05) is 0 Å². The van der Waals surface area contributed by atoms with Crippen LogP contribution in [0.15, 0.2) is 0 Å². The molecule has 0 aliphatic heterocycles. The Morgan fingerprint density at radius 1 is 1.06 bits per heavy atom. The summed E-state index contributed by atoms with van der Waals surface area (Å²) in [6.07, 6.45) is 2.14.